The summed E-state index contributed by atoms with van der Waals surface area (Å²) in [6.45, 7) is -0.925. The summed E-state index contributed by atoms with van der Waals surface area (Å²) in [5.41, 5.74) is -0.352. The van der Waals surface area contributed by atoms with E-state index in [4.69, 9.17) is 34.8 Å². The number of hydrogen-bond acceptors (Lipinski definition) is 2. The quantitative estimate of drug-likeness (QED) is 0.863. The topological polar surface area (TPSA) is 42.0 Å². The average molecular weight is 366 g/mol. The molecule has 0 aliphatic carbocycles. The number of benzene rings is 1. The highest BCUT2D eigenvalue weighted by molar-refractivity contribution is 6.35. The summed E-state index contributed by atoms with van der Waals surface area (Å²) >= 11 is 17.2. The van der Waals surface area contributed by atoms with Crippen LogP contribution < -0.4 is 5.32 Å². The van der Waals surface area contributed by atoms with Gasteiger partial charge >= 0.3 is 0 Å². The third-order valence-electron chi connectivity index (χ3n) is 2.81. The van der Waals surface area contributed by atoms with E-state index in [9.17, 15) is 13.6 Å². The number of nitrogens with one attached hydrogen (secondary N) is 1. The van der Waals surface area contributed by atoms with Crippen LogP contribution in [0.5, 0.6) is 0 Å². The Morgan fingerprint density at radius 3 is 2.55 bits per heavy atom. The van der Waals surface area contributed by atoms with E-state index in [2.05, 4.69) is 10.3 Å². The summed E-state index contributed by atoms with van der Waals surface area (Å²) in [5, 5.41) is 2.28. The fourth-order valence-corrected chi connectivity index (χ4v) is 2.48. The number of alkyl halides is 2. The second-order valence-corrected chi connectivity index (χ2v) is 5.62. The van der Waals surface area contributed by atoms with Crippen LogP contribution >= 0.6 is 34.8 Å². The molecule has 2 rings (SSSR count). The fourth-order valence-electron chi connectivity index (χ4n) is 1.73. The van der Waals surface area contributed by atoms with Crippen molar-refractivity contribution in [3.8, 4) is 0 Å². The molecule has 0 atom stereocenters. The Morgan fingerprint density at radius 1 is 1.18 bits per heavy atom. The van der Waals surface area contributed by atoms with Crippen LogP contribution in [0.1, 0.15) is 15.9 Å². The minimum absolute atomic E-state index is 0.0645. The van der Waals surface area contributed by atoms with E-state index < -0.39 is 23.9 Å². The van der Waals surface area contributed by atoms with Gasteiger partial charge in [-0.05, 0) is 24.3 Å². The first-order chi connectivity index (χ1) is 10.3. The molecule has 1 heterocycles. The van der Waals surface area contributed by atoms with Gasteiger partial charge in [0.25, 0.3) is 11.8 Å². The standard InChI is InChI=1S/C14H9Cl3F2N2O/c15-8-1-2-10(11(16)5-8)14(18,19)7-21-13(22)9-3-4-20-6-12(9)17/h1-6H,7H2,(H,21,22). The minimum atomic E-state index is -3.35. The largest absolute Gasteiger partial charge is 0.346 e. The Bertz CT molecular complexity index is 710. The van der Waals surface area contributed by atoms with Gasteiger partial charge in [0.15, 0.2) is 0 Å². The van der Waals surface area contributed by atoms with E-state index in [0.717, 1.165) is 6.07 Å². The number of nitrogens with zero attached hydrogens (tertiary/aromatic N) is 1. The molecule has 0 radical (unpaired) electrons. The predicted molar refractivity (Wildman–Crippen MR) is 81.9 cm³/mol. The van der Waals surface area contributed by atoms with Crippen molar-refractivity contribution < 1.29 is 13.6 Å². The Labute approximate surface area is 140 Å². The van der Waals surface area contributed by atoms with Gasteiger partial charge in [0.1, 0.15) is 0 Å². The smallest absolute Gasteiger partial charge is 0.291 e. The van der Waals surface area contributed by atoms with E-state index in [1.54, 1.807) is 0 Å². The molecule has 0 saturated carbocycles. The van der Waals surface area contributed by atoms with Gasteiger partial charge in [0.05, 0.1) is 22.2 Å². The lowest BCUT2D eigenvalue weighted by molar-refractivity contribution is -0.00236. The molecule has 8 heteroatoms. The zero-order chi connectivity index (χ0) is 16.3. The Morgan fingerprint density at radius 2 is 1.91 bits per heavy atom. The van der Waals surface area contributed by atoms with Gasteiger partial charge in [-0.2, -0.15) is 8.78 Å². The van der Waals surface area contributed by atoms with Crippen molar-refractivity contribution in [2.75, 3.05) is 6.54 Å². The number of carbonyl (C=O) groups is 1. The van der Waals surface area contributed by atoms with Crippen molar-refractivity contribution in [2.24, 2.45) is 0 Å². The van der Waals surface area contributed by atoms with Crippen molar-refractivity contribution in [1.29, 1.82) is 0 Å². The van der Waals surface area contributed by atoms with Crippen LogP contribution in [0.2, 0.25) is 15.1 Å². The van der Waals surface area contributed by atoms with Gasteiger partial charge in [-0.1, -0.05) is 34.8 Å². The SMILES string of the molecule is O=C(NCC(F)(F)c1ccc(Cl)cc1Cl)c1ccncc1Cl. The van der Waals surface area contributed by atoms with Gasteiger partial charge in [-0.3, -0.25) is 9.78 Å². The maximum atomic E-state index is 14.1. The van der Waals surface area contributed by atoms with E-state index in [1.165, 1.54) is 30.6 Å². The van der Waals surface area contributed by atoms with Crippen LogP contribution in [0.25, 0.3) is 0 Å². The Hall–Kier alpha value is -1.43. The molecule has 0 aliphatic rings. The molecule has 3 nitrogen and oxygen atoms in total. The lowest BCUT2D eigenvalue weighted by Crippen LogP contribution is -2.35. The molecule has 1 aromatic heterocycles. The molecular formula is C14H9Cl3F2N2O. The number of pyridine rings is 1. The first-order valence-corrected chi connectivity index (χ1v) is 7.16. The van der Waals surface area contributed by atoms with E-state index in [1.807, 2.05) is 0 Å². The summed E-state index contributed by atoms with van der Waals surface area (Å²) in [5.74, 6) is -4.08. The zero-order valence-electron chi connectivity index (χ0n) is 10.9. The van der Waals surface area contributed by atoms with Crippen LogP contribution in [-0.4, -0.2) is 17.4 Å². The molecule has 0 aliphatic heterocycles. The summed E-state index contributed by atoms with van der Waals surface area (Å²) in [6, 6.07) is 4.98. The lowest BCUT2D eigenvalue weighted by Gasteiger charge is -2.19. The Balaban J connectivity index is 2.13. The van der Waals surface area contributed by atoms with Crippen LogP contribution in [0.4, 0.5) is 8.78 Å². The second kappa shape index (κ2) is 6.77. The molecule has 0 fully saturated rings. The van der Waals surface area contributed by atoms with Gasteiger partial charge in [0.2, 0.25) is 0 Å². The Kier molecular flexibility index (Phi) is 5.21. The van der Waals surface area contributed by atoms with E-state index in [-0.39, 0.29) is 20.6 Å². The van der Waals surface area contributed by atoms with Crippen LogP contribution in [0.3, 0.4) is 0 Å². The molecule has 0 bridgehead atoms. The number of rotatable bonds is 4. The van der Waals surface area contributed by atoms with Crippen molar-refractivity contribution in [2.45, 2.75) is 5.92 Å². The molecule has 1 N–H and O–H groups in total. The number of hydrogen-bond donors (Lipinski definition) is 1. The highest BCUT2D eigenvalue weighted by Gasteiger charge is 2.34. The molecule has 22 heavy (non-hydrogen) atoms. The molecule has 0 saturated heterocycles. The molecule has 1 amide bonds. The number of aromatic nitrogens is 1. The summed E-state index contributed by atoms with van der Waals surface area (Å²) < 4.78 is 28.3. The highest BCUT2D eigenvalue weighted by Crippen LogP contribution is 2.34. The van der Waals surface area contributed by atoms with Crippen LogP contribution in [-0.2, 0) is 5.92 Å². The molecule has 1 aromatic carbocycles. The third-order valence-corrected chi connectivity index (χ3v) is 3.66. The average Bonchev–Trinajstić information content (AvgIpc) is 2.45. The first-order valence-electron chi connectivity index (χ1n) is 6.02. The van der Waals surface area contributed by atoms with Crippen molar-refractivity contribution in [3.05, 3.63) is 62.9 Å². The lowest BCUT2D eigenvalue weighted by atomic mass is 10.1. The number of halogens is 5. The first kappa shape index (κ1) is 16.9. The number of carbonyl (C=O) groups excluding carboxylic acids is 1. The van der Waals surface area contributed by atoms with Gasteiger partial charge in [0, 0.05) is 23.0 Å². The van der Waals surface area contributed by atoms with E-state index in [0.29, 0.717) is 0 Å². The third kappa shape index (κ3) is 3.85. The normalized spacial score (nSPS) is 11.3. The summed E-state index contributed by atoms with van der Waals surface area (Å²) in [6.07, 6.45) is 2.60. The van der Waals surface area contributed by atoms with E-state index >= 15 is 0 Å². The molecular weight excluding hydrogens is 357 g/mol. The highest BCUT2D eigenvalue weighted by atomic mass is 35.5. The van der Waals surface area contributed by atoms with Gasteiger partial charge in [-0.25, -0.2) is 0 Å². The molecule has 2 aromatic rings. The molecule has 0 spiro atoms. The van der Waals surface area contributed by atoms with Crippen molar-refractivity contribution >= 4 is 40.7 Å². The summed E-state index contributed by atoms with van der Waals surface area (Å²) in [7, 11) is 0. The molecule has 0 unspecified atom stereocenters. The maximum absolute atomic E-state index is 14.1. The maximum Gasteiger partial charge on any atom is 0.291 e. The fraction of sp³-hybridized carbons (Fsp3) is 0.143. The monoisotopic (exact) mass is 364 g/mol. The van der Waals surface area contributed by atoms with Gasteiger partial charge < -0.3 is 5.32 Å². The van der Waals surface area contributed by atoms with Crippen molar-refractivity contribution in [1.82, 2.24) is 10.3 Å². The second-order valence-electron chi connectivity index (χ2n) is 4.37. The van der Waals surface area contributed by atoms with Crippen LogP contribution in [0, 0.1) is 0 Å². The molecule has 116 valence electrons. The van der Waals surface area contributed by atoms with Crippen molar-refractivity contribution in [3.63, 3.8) is 0 Å². The van der Waals surface area contributed by atoms with Gasteiger partial charge in [-0.15, -0.1) is 0 Å². The minimum Gasteiger partial charge on any atom is -0.346 e. The summed E-state index contributed by atoms with van der Waals surface area (Å²) in [4.78, 5) is 15.6. The zero-order valence-corrected chi connectivity index (χ0v) is 13.2. The predicted octanol–water partition coefficient (Wildman–Crippen LogP) is 4.56. The number of amides is 1. The van der Waals surface area contributed by atoms with Crippen LogP contribution in [0.15, 0.2) is 36.7 Å².